The topological polar surface area (TPSA) is 54.0 Å². The van der Waals surface area contributed by atoms with E-state index >= 15 is 0 Å². The van der Waals surface area contributed by atoms with Crippen LogP contribution in [0.5, 0.6) is 17.2 Å². The summed E-state index contributed by atoms with van der Waals surface area (Å²) in [5.74, 6) is 1.57. The van der Waals surface area contributed by atoms with Crippen molar-refractivity contribution in [2.75, 3.05) is 27.9 Å². The van der Waals surface area contributed by atoms with Gasteiger partial charge < -0.3 is 18.9 Å². The van der Waals surface area contributed by atoms with Crippen molar-refractivity contribution in [3.63, 3.8) is 0 Å². The Kier molecular flexibility index (Phi) is 5.66. The van der Waals surface area contributed by atoms with E-state index in [-0.39, 0.29) is 17.8 Å². The van der Waals surface area contributed by atoms with Crippen molar-refractivity contribution in [1.82, 2.24) is 0 Å². The van der Waals surface area contributed by atoms with Crippen LogP contribution in [0, 0.1) is 11.8 Å². The number of methoxy groups -OCH3 is 3. The number of carbonyl (C=O) groups is 1. The summed E-state index contributed by atoms with van der Waals surface area (Å²) in [6.07, 6.45) is 1.40. The van der Waals surface area contributed by atoms with Gasteiger partial charge in [-0.3, -0.25) is 4.79 Å². The minimum absolute atomic E-state index is 0.139. The predicted octanol–water partition coefficient (Wildman–Crippen LogP) is 3.29. The highest BCUT2D eigenvalue weighted by Gasteiger charge is 2.37. The Labute approximate surface area is 153 Å². The van der Waals surface area contributed by atoms with Gasteiger partial charge in [0.05, 0.1) is 33.9 Å². The number of benzene rings is 2. The van der Waals surface area contributed by atoms with Gasteiger partial charge in [-0.1, -0.05) is 30.3 Å². The fourth-order valence-corrected chi connectivity index (χ4v) is 3.48. The number of rotatable bonds is 7. The minimum Gasteiger partial charge on any atom is -0.493 e. The van der Waals surface area contributed by atoms with Crippen molar-refractivity contribution < 1.29 is 23.7 Å². The van der Waals surface area contributed by atoms with Crippen LogP contribution in [-0.2, 0) is 22.4 Å². The van der Waals surface area contributed by atoms with E-state index in [0.717, 1.165) is 12.0 Å². The van der Waals surface area contributed by atoms with Gasteiger partial charge in [0.15, 0.2) is 11.5 Å². The van der Waals surface area contributed by atoms with Crippen molar-refractivity contribution in [3.05, 3.63) is 53.6 Å². The summed E-state index contributed by atoms with van der Waals surface area (Å²) >= 11 is 0. The fraction of sp³-hybridized carbons (Fsp3) is 0.381. The SMILES string of the molecule is COc1cc(C[C@H]2C(=O)OC[C@@H]2Cc2ccccc2)cc(OC)c1OC. The van der Waals surface area contributed by atoms with Gasteiger partial charge in [0, 0.05) is 5.92 Å². The molecule has 1 heterocycles. The van der Waals surface area contributed by atoms with Crippen LogP contribution in [-0.4, -0.2) is 33.9 Å². The number of hydrogen-bond acceptors (Lipinski definition) is 5. The Bertz CT molecular complexity index is 731. The molecule has 0 spiro atoms. The highest BCUT2D eigenvalue weighted by atomic mass is 16.5. The average Bonchev–Trinajstić information content (AvgIpc) is 3.01. The lowest BCUT2D eigenvalue weighted by molar-refractivity contribution is -0.141. The molecule has 0 saturated carbocycles. The molecule has 1 aliphatic rings. The molecule has 1 saturated heterocycles. The Hall–Kier alpha value is -2.69. The van der Waals surface area contributed by atoms with Gasteiger partial charge in [0.1, 0.15) is 0 Å². The lowest BCUT2D eigenvalue weighted by atomic mass is 9.85. The molecule has 0 unspecified atom stereocenters. The third-order valence-corrected chi connectivity index (χ3v) is 4.83. The van der Waals surface area contributed by atoms with Gasteiger partial charge in [-0.15, -0.1) is 0 Å². The molecule has 2 aromatic rings. The monoisotopic (exact) mass is 356 g/mol. The largest absolute Gasteiger partial charge is 0.493 e. The van der Waals surface area contributed by atoms with E-state index in [9.17, 15) is 4.79 Å². The zero-order chi connectivity index (χ0) is 18.5. The summed E-state index contributed by atoms with van der Waals surface area (Å²) in [5.41, 5.74) is 2.17. The van der Waals surface area contributed by atoms with E-state index in [1.54, 1.807) is 21.3 Å². The lowest BCUT2D eigenvalue weighted by Crippen LogP contribution is -2.20. The predicted molar refractivity (Wildman–Crippen MR) is 97.9 cm³/mol. The van der Waals surface area contributed by atoms with Crippen molar-refractivity contribution in [2.45, 2.75) is 12.8 Å². The van der Waals surface area contributed by atoms with Crippen molar-refractivity contribution in [2.24, 2.45) is 11.8 Å². The first kappa shape index (κ1) is 18.1. The Morgan fingerprint density at radius 2 is 1.58 bits per heavy atom. The molecular weight excluding hydrogens is 332 g/mol. The molecular formula is C21H24O5. The second-order valence-corrected chi connectivity index (χ2v) is 6.42. The molecule has 3 rings (SSSR count). The first-order valence-electron chi connectivity index (χ1n) is 8.65. The van der Waals surface area contributed by atoms with E-state index in [2.05, 4.69) is 12.1 Å². The van der Waals surface area contributed by atoms with Gasteiger partial charge in [0.2, 0.25) is 5.75 Å². The van der Waals surface area contributed by atoms with E-state index < -0.39 is 0 Å². The van der Waals surface area contributed by atoms with Crippen LogP contribution in [0.2, 0.25) is 0 Å². The molecule has 26 heavy (non-hydrogen) atoms. The maximum absolute atomic E-state index is 12.3. The van der Waals surface area contributed by atoms with Gasteiger partial charge in [-0.25, -0.2) is 0 Å². The summed E-state index contributed by atoms with van der Waals surface area (Å²) in [6, 6.07) is 14.0. The molecule has 0 radical (unpaired) electrons. The summed E-state index contributed by atoms with van der Waals surface area (Å²) in [4.78, 5) is 12.3. The second-order valence-electron chi connectivity index (χ2n) is 6.42. The maximum atomic E-state index is 12.3. The van der Waals surface area contributed by atoms with Crippen molar-refractivity contribution >= 4 is 5.97 Å². The summed E-state index contributed by atoms with van der Waals surface area (Å²) in [5, 5.41) is 0. The summed E-state index contributed by atoms with van der Waals surface area (Å²) in [7, 11) is 4.75. The average molecular weight is 356 g/mol. The molecule has 2 aromatic carbocycles. The van der Waals surface area contributed by atoms with Crippen LogP contribution in [0.25, 0.3) is 0 Å². The van der Waals surface area contributed by atoms with Gasteiger partial charge >= 0.3 is 5.97 Å². The van der Waals surface area contributed by atoms with E-state index in [1.165, 1.54) is 5.56 Å². The molecule has 1 aliphatic heterocycles. The number of hydrogen-bond donors (Lipinski definition) is 0. The maximum Gasteiger partial charge on any atom is 0.309 e. The van der Waals surface area contributed by atoms with E-state index in [0.29, 0.717) is 30.3 Å². The third-order valence-electron chi connectivity index (χ3n) is 4.83. The van der Waals surface area contributed by atoms with Gasteiger partial charge in [-0.2, -0.15) is 0 Å². The quantitative estimate of drug-likeness (QED) is 0.713. The van der Waals surface area contributed by atoms with Crippen LogP contribution in [0.15, 0.2) is 42.5 Å². The Balaban J connectivity index is 1.82. The molecule has 5 nitrogen and oxygen atoms in total. The third kappa shape index (κ3) is 3.77. The smallest absolute Gasteiger partial charge is 0.309 e. The summed E-state index contributed by atoms with van der Waals surface area (Å²) in [6.45, 7) is 0.461. The molecule has 0 amide bonds. The van der Waals surface area contributed by atoms with Crippen LogP contribution in [0.3, 0.4) is 0 Å². The first-order valence-corrected chi connectivity index (χ1v) is 8.65. The lowest BCUT2D eigenvalue weighted by Gasteiger charge is -2.18. The number of ether oxygens (including phenoxy) is 4. The molecule has 1 fully saturated rings. The number of esters is 1. The molecule has 0 aromatic heterocycles. The van der Waals surface area contributed by atoms with Crippen molar-refractivity contribution in [3.8, 4) is 17.2 Å². The zero-order valence-corrected chi connectivity index (χ0v) is 15.4. The number of cyclic esters (lactones) is 1. The fourth-order valence-electron chi connectivity index (χ4n) is 3.48. The molecule has 5 heteroatoms. The summed E-state index contributed by atoms with van der Waals surface area (Å²) < 4.78 is 21.5. The zero-order valence-electron chi connectivity index (χ0n) is 15.4. The van der Waals surface area contributed by atoms with Crippen LogP contribution < -0.4 is 14.2 Å². The molecule has 0 aliphatic carbocycles. The molecule has 138 valence electrons. The first-order chi connectivity index (χ1) is 12.7. The van der Waals surface area contributed by atoms with Crippen molar-refractivity contribution in [1.29, 1.82) is 0 Å². The van der Waals surface area contributed by atoms with Gasteiger partial charge in [-0.05, 0) is 36.1 Å². The molecule has 0 bridgehead atoms. The number of carbonyl (C=O) groups excluding carboxylic acids is 1. The van der Waals surface area contributed by atoms with E-state index in [4.69, 9.17) is 18.9 Å². The Morgan fingerprint density at radius 3 is 2.15 bits per heavy atom. The molecule has 0 N–H and O–H groups in total. The van der Waals surface area contributed by atoms with Crippen LogP contribution in [0.4, 0.5) is 0 Å². The minimum atomic E-state index is -0.182. The highest BCUT2D eigenvalue weighted by Crippen LogP contribution is 2.40. The van der Waals surface area contributed by atoms with Crippen LogP contribution in [0.1, 0.15) is 11.1 Å². The van der Waals surface area contributed by atoms with Crippen LogP contribution >= 0.6 is 0 Å². The Morgan fingerprint density at radius 1 is 0.923 bits per heavy atom. The highest BCUT2D eigenvalue weighted by molar-refractivity contribution is 5.75. The van der Waals surface area contributed by atoms with Gasteiger partial charge in [0.25, 0.3) is 0 Å². The normalized spacial score (nSPS) is 19.1. The van der Waals surface area contributed by atoms with E-state index in [1.807, 2.05) is 30.3 Å². The second kappa shape index (κ2) is 8.13. The molecule has 2 atom stereocenters. The standard InChI is InChI=1S/C21H24O5/c1-23-18-11-15(12-19(24-2)20(18)25-3)10-17-16(13-26-21(17)22)9-14-7-5-4-6-8-14/h4-8,11-12,16-17H,9-10,13H2,1-3H3/t16-,17+/m0/s1.